The molecule has 0 atom stereocenters. The first-order valence-electron chi connectivity index (χ1n) is 29.2. The van der Waals surface area contributed by atoms with Crippen LogP contribution in [0.1, 0.15) is 114 Å². The monoisotopic (exact) mass is 1060 g/mol. The molecule has 402 valence electrons. The molecule has 11 aromatic carbocycles. The van der Waals surface area contributed by atoms with Crippen molar-refractivity contribution in [2.24, 2.45) is 0 Å². The highest BCUT2D eigenvalue weighted by Gasteiger charge is 2.46. The van der Waals surface area contributed by atoms with E-state index < -0.39 is 0 Å². The summed E-state index contributed by atoms with van der Waals surface area (Å²) in [6.45, 7) is 27.8. The lowest BCUT2D eigenvalue weighted by atomic mass is 9.72. The van der Waals surface area contributed by atoms with Gasteiger partial charge in [0, 0.05) is 66.3 Å². The minimum Gasteiger partial charge on any atom is -0.454 e. The Morgan fingerprint density at radius 1 is 0.329 bits per heavy atom. The molecular weight excluding hydrogens is 997 g/mol. The van der Waals surface area contributed by atoms with Gasteiger partial charge in [0.05, 0.1) is 11.4 Å². The Hall–Kier alpha value is -8.86. The number of aryl methyl sites for hydroxylation is 2. The molecule has 0 N–H and O–H groups in total. The van der Waals surface area contributed by atoms with Gasteiger partial charge in [-0.1, -0.05) is 191 Å². The molecule has 15 rings (SSSR count). The Kier molecular flexibility index (Phi) is 10.6. The Labute approximate surface area is 481 Å². The lowest BCUT2D eigenvalue weighted by Crippen LogP contribution is -2.24. The molecule has 4 heteroatoms. The zero-order valence-corrected chi connectivity index (χ0v) is 49.2. The predicted octanol–water partition coefficient (Wildman–Crippen LogP) is 22.6. The van der Waals surface area contributed by atoms with Gasteiger partial charge in [-0.3, -0.25) is 0 Å². The third-order valence-electron chi connectivity index (χ3n) is 18.6. The van der Waals surface area contributed by atoms with Crippen LogP contribution in [0.25, 0.3) is 87.7 Å². The molecule has 0 saturated carbocycles. The van der Waals surface area contributed by atoms with Crippen LogP contribution < -0.4 is 9.80 Å². The maximum absolute atomic E-state index is 7.05. The summed E-state index contributed by atoms with van der Waals surface area (Å²) in [6, 6.07) is 72.6. The standard InChI is InChI=1S/C78H68N2O2/c1-45-21-13-15-29-65(45)79(67-31-19-25-57-55-23-17-27-61(75(3,4)5)71(55)81-73(57)67)51-35-33-47-41-59-53-37-38-54-60-42-48-34-36-52(40-50(48)44-64(60)78(11,12)70(54)69(53)77(9,10)63(59)43-49(47)39-51)80(66-30-16-14-22-46(66)2)68-32-20-26-58-56-24-18-28-62(76(6,7)8)72(56)82-74(58)68/h13-44H,1-12H3. The van der Waals surface area contributed by atoms with Crippen molar-refractivity contribution in [1.29, 1.82) is 0 Å². The molecule has 0 aliphatic heterocycles. The van der Waals surface area contributed by atoms with E-state index in [1.54, 1.807) is 0 Å². The van der Waals surface area contributed by atoms with Gasteiger partial charge in [-0.2, -0.15) is 0 Å². The molecule has 2 aliphatic carbocycles. The number of fused-ring (bicyclic) bond motifs is 15. The first-order valence-corrected chi connectivity index (χ1v) is 29.2. The SMILES string of the molecule is Cc1ccccc1N(c1ccc2cc3c(cc2c1)C(C)(C)c1c-3ccc2c1C(C)(C)c1cc3cc(N(c4ccccc4C)c4cccc5c4oc4c(C(C)(C)C)cccc45)ccc3cc1-2)c1cccc2c1oc1c(C(C)(C)C)cccc12. The number of benzene rings is 11. The molecule has 2 aromatic heterocycles. The molecule has 0 amide bonds. The minimum absolute atomic E-state index is 0.0770. The molecule has 0 fully saturated rings. The van der Waals surface area contributed by atoms with E-state index in [4.69, 9.17) is 8.83 Å². The van der Waals surface area contributed by atoms with Gasteiger partial charge >= 0.3 is 0 Å². The van der Waals surface area contributed by atoms with Crippen LogP contribution in [-0.2, 0) is 21.7 Å². The van der Waals surface area contributed by atoms with Crippen molar-refractivity contribution < 1.29 is 8.83 Å². The zero-order chi connectivity index (χ0) is 56.5. The molecule has 0 saturated heterocycles. The van der Waals surface area contributed by atoms with Crippen molar-refractivity contribution in [2.75, 3.05) is 9.80 Å². The fourth-order valence-electron chi connectivity index (χ4n) is 14.5. The van der Waals surface area contributed by atoms with E-state index in [1.165, 1.54) is 88.3 Å². The normalized spacial score (nSPS) is 14.3. The van der Waals surface area contributed by atoms with Crippen molar-refractivity contribution in [3.05, 3.63) is 239 Å². The van der Waals surface area contributed by atoms with Crippen LogP contribution in [-0.4, -0.2) is 0 Å². The lowest BCUT2D eigenvalue weighted by molar-refractivity contribution is 0.572. The average molecular weight is 1070 g/mol. The van der Waals surface area contributed by atoms with Crippen molar-refractivity contribution in [3.63, 3.8) is 0 Å². The topological polar surface area (TPSA) is 32.8 Å². The molecule has 4 nitrogen and oxygen atoms in total. The van der Waals surface area contributed by atoms with Crippen LogP contribution in [0.5, 0.6) is 0 Å². The number of hydrogen-bond acceptors (Lipinski definition) is 4. The smallest absolute Gasteiger partial charge is 0.159 e. The van der Waals surface area contributed by atoms with Crippen LogP contribution in [0.15, 0.2) is 203 Å². The lowest BCUT2D eigenvalue weighted by Gasteiger charge is -2.31. The third kappa shape index (κ3) is 7.22. The van der Waals surface area contributed by atoms with Gasteiger partial charge in [0.2, 0.25) is 0 Å². The fraction of sp³-hybridized carbons (Fsp3) is 0.205. The van der Waals surface area contributed by atoms with Crippen LogP contribution in [0.3, 0.4) is 0 Å². The second kappa shape index (κ2) is 17.3. The Bertz CT molecular complexity index is 4560. The second-order valence-corrected chi connectivity index (χ2v) is 26.6. The molecule has 0 spiro atoms. The molecule has 0 unspecified atom stereocenters. The van der Waals surface area contributed by atoms with E-state index in [0.717, 1.165) is 78.0 Å². The van der Waals surface area contributed by atoms with E-state index in [0.29, 0.717) is 0 Å². The molecule has 13 aromatic rings. The summed E-state index contributed by atoms with van der Waals surface area (Å²) in [5, 5.41) is 9.43. The van der Waals surface area contributed by atoms with Gasteiger partial charge in [0.15, 0.2) is 11.2 Å². The van der Waals surface area contributed by atoms with Gasteiger partial charge in [-0.15, -0.1) is 0 Å². The summed E-state index contributed by atoms with van der Waals surface area (Å²) in [6.07, 6.45) is 0. The van der Waals surface area contributed by atoms with Crippen LogP contribution >= 0.6 is 0 Å². The van der Waals surface area contributed by atoms with Gasteiger partial charge < -0.3 is 18.6 Å². The van der Waals surface area contributed by atoms with Gasteiger partial charge in [-0.25, -0.2) is 0 Å². The summed E-state index contributed by atoms with van der Waals surface area (Å²) in [4.78, 5) is 4.82. The second-order valence-electron chi connectivity index (χ2n) is 26.6. The highest BCUT2D eigenvalue weighted by Crippen LogP contribution is 2.60. The highest BCUT2D eigenvalue weighted by molar-refractivity contribution is 6.13. The van der Waals surface area contributed by atoms with Crippen LogP contribution in [0.4, 0.5) is 34.1 Å². The van der Waals surface area contributed by atoms with Crippen molar-refractivity contribution in [2.45, 2.75) is 105 Å². The predicted molar refractivity (Wildman–Crippen MR) is 347 cm³/mol. The Balaban J connectivity index is 0.838. The first-order chi connectivity index (χ1) is 39.3. The van der Waals surface area contributed by atoms with E-state index in [1.807, 2.05) is 0 Å². The molecule has 0 radical (unpaired) electrons. The number of hydrogen-bond donors (Lipinski definition) is 0. The summed E-state index contributed by atoms with van der Waals surface area (Å²) >= 11 is 0. The molecule has 2 aliphatic rings. The summed E-state index contributed by atoms with van der Waals surface area (Å²) < 4.78 is 14.1. The van der Waals surface area contributed by atoms with E-state index in [9.17, 15) is 0 Å². The largest absolute Gasteiger partial charge is 0.454 e. The molecule has 0 bridgehead atoms. The maximum Gasteiger partial charge on any atom is 0.159 e. The van der Waals surface area contributed by atoms with Crippen LogP contribution in [0.2, 0.25) is 0 Å². The Morgan fingerprint density at radius 2 is 0.695 bits per heavy atom. The van der Waals surface area contributed by atoms with Crippen molar-refractivity contribution in [3.8, 4) is 22.3 Å². The summed E-state index contributed by atoms with van der Waals surface area (Å²) in [5.41, 5.74) is 25.2. The minimum atomic E-state index is -0.272. The highest BCUT2D eigenvalue weighted by atomic mass is 16.3. The fourth-order valence-corrected chi connectivity index (χ4v) is 14.5. The Morgan fingerprint density at radius 3 is 1.09 bits per heavy atom. The molecule has 82 heavy (non-hydrogen) atoms. The zero-order valence-electron chi connectivity index (χ0n) is 49.2. The summed E-state index contributed by atoms with van der Waals surface area (Å²) in [5.74, 6) is 0. The van der Waals surface area contributed by atoms with E-state index in [2.05, 4.69) is 287 Å². The van der Waals surface area contributed by atoms with Crippen molar-refractivity contribution >= 4 is 99.5 Å². The third-order valence-corrected chi connectivity index (χ3v) is 18.6. The van der Waals surface area contributed by atoms with E-state index in [-0.39, 0.29) is 21.7 Å². The van der Waals surface area contributed by atoms with E-state index >= 15 is 0 Å². The van der Waals surface area contributed by atoms with Crippen LogP contribution in [0, 0.1) is 13.8 Å². The number of nitrogens with zero attached hydrogens (tertiary/aromatic N) is 2. The van der Waals surface area contributed by atoms with Crippen molar-refractivity contribution in [1.82, 2.24) is 0 Å². The number of furan rings is 2. The number of anilines is 6. The quantitative estimate of drug-likeness (QED) is 0.166. The van der Waals surface area contributed by atoms with Gasteiger partial charge in [-0.05, 0) is 175 Å². The molecular formula is C78H68N2O2. The average Bonchev–Trinajstić information content (AvgIpc) is 3.97. The summed E-state index contributed by atoms with van der Waals surface area (Å²) in [7, 11) is 0. The molecule has 2 heterocycles. The van der Waals surface area contributed by atoms with Gasteiger partial charge in [0.1, 0.15) is 11.2 Å². The first kappa shape index (κ1) is 50.1. The number of rotatable bonds is 6. The number of para-hydroxylation sites is 6. The maximum atomic E-state index is 7.05. The van der Waals surface area contributed by atoms with Gasteiger partial charge in [0.25, 0.3) is 0 Å².